The Balaban J connectivity index is 1.89. The molecule has 2 aromatic carbocycles. The van der Waals surface area contributed by atoms with Crippen LogP contribution in [0.2, 0.25) is 0 Å². The van der Waals surface area contributed by atoms with E-state index < -0.39 is 16.1 Å². The van der Waals surface area contributed by atoms with Gasteiger partial charge in [-0.1, -0.05) is 6.07 Å². The van der Waals surface area contributed by atoms with Gasteiger partial charge < -0.3 is 26.4 Å². The van der Waals surface area contributed by atoms with Crippen LogP contribution < -0.4 is 26.8 Å². The molecule has 0 unspecified atom stereocenters. The van der Waals surface area contributed by atoms with Crippen LogP contribution in [0.3, 0.4) is 0 Å². The Morgan fingerprint density at radius 3 is 2.14 bits per heavy atom. The van der Waals surface area contributed by atoms with E-state index in [2.05, 4.69) is 16.0 Å². The minimum Gasteiger partial charge on any atom is -0.380 e. The van der Waals surface area contributed by atoms with E-state index in [1.165, 1.54) is 24.3 Å². The van der Waals surface area contributed by atoms with Gasteiger partial charge in [-0.2, -0.15) is 0 Å². The molecule has 0 aromatic heterocycles. The van der Waals surface area contributed by atoms with Gasteiger partial charge in [0, 0.05) is 23.6 Å². The number of benzene rings is 2. The predicted octanol–water partition coefficient (Wildman–Crippen LogP) is 1.28. The minimum absolute atomic E-state index is 0.0553. The fourth-order valence-electron chi connectivity index (χ4n) is 2.27. The number of primary sulfonamides is 1. The standard InChI is InChI=1S/C18H23N5O5S/c19-9-11-28-10-8-17(24)21-14-2-1-3-15(12-14)23-18(25)22-13-4-6-16(7-5-13)29(20,26)27/h1-7,12H,8-11,19H2,(H,21,24)(H2,20,26,27)(H2,22,23,25). The Labute approximate surface area is 168 Å². The summed E-state index contributed by atoms with van der Waals surface area (Å²) in [7, 11) is -3.80. The average molecular weight is 421 g/mol. The molecule has 0 fully saturated rings. The largest absolute Gasteiger partial charge is 0.380 e. The molecular formula is C18H23N5O5S. The maximum absolute atomic E-state index is 12.1. The third-order valence-electron chi connectivity index (χ3n) is 3.58. The smallest absolute Gasteiger partial charge is 0.323 e. The lowest BCUT2D eigenvalue weighted by Gasteiger charge is -2.10. The van der Waals surface area contributed by atoms with Gasteiger partial charge in [0.05, 0.1) is 24.5 Å². The highest BCUT2D eigenvalue weighted by atomic mass is 32.2. The van der Waals surface area contributed by atoms with E-state index in [9.17, 15) is 18.0 Å². The lowest BCUT2D eigenvalue weighted by atomic mass is 10.2. The predicted molar refractivity (Wildman–Crippen MR) is 110 cm³/mol. The summed E-state index contributed by atoms with van der Waals surface area (Å²) >= 11 is 0. The van der Waals surface area contributed by atoms with E-state index in [0.29, 0.717) is 30.2 Å². The minimum atomic E-state index is -3.80. The third kappa shape index (κ3) is 7.87. The van der Waals surface area contributed by atoms with E-state index >= 15 is 0 Å². The van der Waals surface area contributed by atoms with Crippen molar-refractivity contribution in [2.24, 2.45) is 10.9 Å². The molecular weight excluding hydrogens is 398 g/mol. The van der Waals surface area contributed by atoms with Crippen LogP contribution in [0.25, 0.3) is 0 Å². The van der Waals surface area contributed by atoms with Crippen molar-refractivity contribution in [1.29, 1.82) is 0 Å². The molecule has 0 bridgehead atoms. The first-order valence-corrected chi connectivity index (χ1v) is 10.2. The molecule has 2 rings (SSSR count). The Kier molecular flexibility index (Phi) is 8.09. The number of hydrogen-bond acceptors (Lipinski definition) is 6. The van der Waals surface area contributed by atoms with Crippen molar-refractivity contribution in [2.45, 2.75) is 11.3 Å². The molecule has 0 aliphatic heterocycles. The molecule has 0 saturated carbocycles. The monoisotopic (exact) mass is 421 g/mol. The molecule has 10 nitrogen and oxygen atoms in total. The molecule has 2 aromatic rings. The maximum atomic E-state index is 12.1. The molecule has 0 atom stereocenters. The van der Waals surface area contributed by atoms with Crippen molar-refractivity contribution < 1.29 is 22.7 Å². The number of nitrogens with one attached hydrogen (secondary N) is 3. The molecule has 0 heterocycles. The summed E-state index contributed by atoms with van der Waals surface area (Å²) in [6, 6.07) is 11.5. The second-order valence-electron chi connectivity index (χ2n) is 5.93. The number of amides is 3. The summed E-state index contributed by atoms with van der Waals surface area (Å²) in [5.41, 5.74) is 6.67. The zero-order valence-electron chi connectivity index (χ0n) is 15.6. The first kappa shape index (κ1) is 22.3. The summed E-state index contributed by atoms with van der Waals surface area (Å²) in [5, 5.41) is 12.9. The van der Waals surface area contributed by atoms with Crippen LogP contribution in [0.5, 0.6) is 0 Å². The lowest BCUT2D eigenvalue weighted by molar-refractivity contribution is -0.117. The van der Waals surface area contributed by atoms with Crippen LogP contribution in [-0.2, 0) is 19.6 Å². The van der Waals surface area contributed by atoms with Crippen molar-refractivity contribution >= 4 is 39.0 Å². The van der Waals surface area contributed by atoms with Crippen molar-refractivity contribution in [3.05, 3.63) is 48.5 Å². The van der Waals surface area contributed by atoms with Crippen LogP contribution in [0.15, 0.2) is 53.4 Å². The van der Waals surface area contributed by atoms with Crippen LogP contribution in [0, 0.1) is 0 Å². The Bertz CT molecular complexity index is 947. The van der Waals surface area contributed by atoms with Crippen LogP contribution in [0.1, 0.15) is 6.42 Å². The van der Waals surface area contributed by atoms with Gasteiger partial charge in [-0.3, -0.25) is 4.79 Å². The number of carbonyl (C=O) groups is 2. The summed E-state index contributed by atoms with van der Waals surface area (Å²) in [5.74, 6) is -0.224. The van der Waals surface area contributed by atoms with Crippen LogP contribution in [-0.4, -0.2) is 40.1 Å². The highest BCUT2D eigenvalue weighted by Gasteiger charge is 2.09. The van der Waals surface area contributed by atoms with Gasteiger partial charge in [0.25, 0.3) is 0 Å². The molecule has 29 heavy (non-hydrogen) atoms. The lowest BCUT2D eigenvalue weighted by Crippen LogP contribution is -2.20. The number of nitrogens with two attached hydrogens (primary N) is 2. The first-order chi connectivity index (χ1) is 13.8. The summed E-state index contributed by atoms with van der Waals surface area (Å²) in [6.07, 6.45) is 0.187. The SMILES string of the molecule is NCCOCCC(=O)Nc1cccc(NC(=O)Nc2ccc(S(N)(=O)=O)cc2)c1. The number of hydrogen-bond donors (Lipinski definition) is 5. The van der Waals surface area contributed by atoms with E-state index in [4.69, 9.17) is 15.6 Å². The van der Waals surface area contributed by atoms with E-state index in [-0.39, 0.29) is 23.8 Å². The van der Waals surface area contributed by atoms with E-state index in [1.807, 2.05) is 0 Å². The Morgan fingerprint density at radius 2 is 1.52 bits per heavy atom. The van der Waals surface area contributed by atoms with Crippen molar-refractivity contribution in [3.63, 3.8) is 0 Å². The number of rotatable bonds is 9. The fraction of sp³-hybridized carbons (Fsp3) is 0.222. The molecule has 156 valence electrons. The maximum Gasteiger partial charge on any atom is 0.323 e. The van der Waals surface area contributed by atoms with Gasteiger partial charge in [0.1, 0.15) is 0 Å². The number of sulfonamides is 1. The Hall–Kier alpha value is -2.99. The van der Waals surface area contributed by atoms with Gasteiger partial charge in [-0.15, -0.1) is 0 Å². The molecule has 0 spiro atoms. The van der Waals surface area contributed by atoms with Gasteiger partial charge >= 0.3 is 6.03 Å². The van der Waals surface area contributed by atoms with Gasteiger partial charge in [-0.25, -0.2) is 18.4 Å². The fourth-order valence-corrected chi connectivity index (χ4v) is 2.79. The molecule has 0 aliphatic carbocycles. The van der Waals surface area contributed by atoms with Crippen molar-refractivity contribution in [1.82, 2.24) is 0 Å². The van der Waals surface area contributed by atoms with Gasteiger partial charge in [0.2, 0.25) is 15.9 Å². The molecule has 3 amide bonds. The highest BCUT2D eigenvalue weighted by molar-refractivity contribution is 7.89. The normalized spacial score (nSPS) is 11.0. The second-order valence-corrected chi connectivity index (χ2v) is 7.49. The van der Waals surface area contributed by atoms with Crippen LogP contribution >= 0.6 is 0 Å². The number of anilines is 3. The Morgan fingerprint density at radius 1 is 0.897 bits per heavy atom. The van der Waals surface area contributed by atoms with E-state index in [0.717, 1.165) is 0 Å². The van der Waals surface area contributed by atoms with Crippen LogP contribution in [0.4, 0.5) is 21.9 Å². The molecule has 7 N–H and O–H groups in total. The van der Waals surface area contributed by atoms with Crippen molar-refractivity contribution in [3.8, 4) is 0 Å². The number of urea groups is 1. The zero-order valence-corrected chi connectivity index (χ0v) is 16.4. The third-order valence-corrected chi connectivity index (χ3v) is 4.51. The van der Waals surface area contributed by atoms with Gasteiger partial charge in [0.15, 0.2) is 0 Å². The topological polar surface area (TPSA) is 166 Å². The van der Waals surface area contributed by atoms with Gasteiger partial charge in [-0.05, 0) is 42.5 Å². The molecule has 11 heteroatoms. The summed E-state index contributed by atoms with van der Waals surface area (Å²) in [4.78, 5) is 23.9. The molecule has 0 saturated heterocycles. The highest BCUT2D eigenvalue weighted by Crippen LogP contribution is 2.17. The summed E-state index contributed by atoms with van der Waals surface area (Å²) in [6.45, 7) is 1.06. The number of carbonyl (C=O) groups excluding carboxylic acids is 2. The zero-order chi connectivity index (χ0) is 21.3. The quantitative estimate of drug-likeness (QED) is 0.383. The van der Waals surface area contributed by atoms with E-state index in [1.54, 1.807) is 24.3 Å². The first-order valence-electron chi connectivity index (χ1n) is 8.66. The number of ether oxygens (including phenoxy) is 1. The second kappa shape index (κ2) is 10.5. The van der Waals surface area contributed by atoms with Crippen molar-refractivity contribution in [2.75, 3.05) is 35.7 Å². The average Bonchev–Trinajstić information content (AvgIpc) is 2.65. The molecule has 0 radical (unpaired) electrons. The summed E-state index contributed by atoms with van der Waals surface area (Å²) < 4.78 is 27.6. The molecule has 0 aliphatic rings.